The highest BCUT2D eigenvalue weighted by Gasteiger charge is 2.13. The van der Waals surface area contributed by atoms with Crippen LogP contribution in [-0.2, 0) is 27.2 Å². The van der Waals surface area contributed by atoms with Gasteiger partial charge in [-0.25, -0.2) is 0 Å². The third kappa shape index (κ3) is 7.42. The maximum atomic E-state index is 12.1. The van der Waals surface area contributed by atoms with Gasteiger partial charge in [-0.15, -0.1) is 0 Å². The summed E-state index contributed by atoms with van der Waals surface area (Å²) in [5, 5.41) is 6.42. The Labute approximate surface area is 181 Å². The van der Waals surface area contributed by atoms with Crippen molar-refractivity contribution in [1.82, 2.24) is 20.4 Å². The van der Waals surface area contributed by atoms with Crippen molar-refractivity contribution in [2.75, 3.05) is 13.2 Å². The lowest BCUT2D eigenvalue weighted by Gasteiger charge is -2.08. The highest BCUT2D eigenvalue weighted by atomic mass is 19.3. The Morgan fingerprint density at radius 3 is 2.62 bits per heavy atom. The van der Waals surface area contributed by atoms with Crippen LogP contribution < -0.4 is 10.1 Å². The summed E-state index contributed by atoms with van der Waals surface area (Å²) in [6, 6.07) is 11.4. The van der Waals surface area contributed by atoms with E-state index in [0.29, 0.717) is 24.5 Å². The number of hydrogen-bond donors (Lipinski definition) is 1. The lowest BCUT2D eigenvalue weighted by atomic mass is 10.1. The smallest absolute Gasteiger partial charge is 0.387 e. The van der Waals surface area contributed by atoms with E-state index in [0.717, 1.165) is 5.56 Å². The molecule has 0 unspecified atom stereocenters. The Kier molecular flexibility index (Phi) is 8.18. The van der Waals surface area contributed by atoms with E-state index in [-0.39, 0.29) is 24.5 Å². The highest BCUT2D eigenvalue weighted by molar-refractivity contribution is 5.80. The van der Waals surface area contributed by atoms with Gasteiger partial charge in [0.25, 0.3) is 5.91 Å². The molecular formula is C21H20F2N4O5. The van der Waals surface area contributed by atoms with Crippen molar-refractivity contribution in [3.63, 3.8) is 0 Å². The molecule has 2 aromatic heterocycles. The van der Waals surface area contributed by atoms with Crippen LogP contribution in [0.25, 0.3) is 11.5 Å². The van der Waals surface area contributed by atoms with Gasteiger partial charge in [-0.05, 0) is 36.2 Å². The zero-order chi connectivity index (χ0) is 22.8. The molecule has 0 aliphatic rings. The van der Waals surface area contributed by atoms with Crippen LogP contribution in [0.3, 0.4) is 0 Å². The van der Waals surface area contributed by atoms with Gasteiger partial charge < -0.3 is 19.3 Å². The number of halogens is 2. The van der Waals surface area contributed by atoms with Gasteiger partial charge in [-0.3, -0.25) is 14.6 Å². The number of nitrogens with one attached hydrogen (secondary N) is 1. The van der Waals surface area contributed by atoms with E-state index in [2.05, 4.69) is 25.2 Å². The van der Waals surface area contributed by atoms with Crippen molar-refractivity contribution < 1.29 is 32.4 Å². The summed E-state index contributed by atoms with van der Waals surface area (Å²) in [4.78, 5) is 31.9. The molecule has 3 aromatic rings. The van der Waals surface area contributed by atoms with Crippen molar-refractivity contribution in [2.45, 2.75) is 25.9 Å². The number of aromatic nitrogens is 3. The molecule has 0 spiro atoms. The van der Waals surface area contributed by atoms with E-state index in [9.17, 15) is 18.4 Å². The fourth-order valence-electron chi connectivity index (χ4n) is 2.62. The number of benzene rings is 1. The van der Waals surface area contributed by atoms with Gasteiger partial charge in [0, 0.05) is 19.2 Å². The summed E-state index contributed by atoms with van der Waals surface area (Å²) in [6.45, 7) is -2.99. The summed E-state index contributed by atoms with van der Waals surface area (Å²) in [7, 11) is 0. The first kappa shape index (κ1) is 22.8. The Balaban J connectivity index is 1.31. The van der Waals surface area contributed by atoms with Gasteiger partial charge in [-0.1, -0.05) is 23.4 Å². The van der Waals surface area contributed by atoms with Crippen molar-refractivity contribution in [2.24, 2.45) is 0 Å². The fraction of sp³-hybridized carbons (Fsp3) is 0.286. The Morgan fingerprint density at radius 1 is 1.09 bits per heavy atom. The maximum absolute atomic E-state index is 12.1. The molecule has 0 saturated carbocycles. The maximum Gasteiger partial charge on any atom is 0.387 e. The molecule has 32 heavy (non-hydrogen) atoms. The first-order valence-corrected chi connectivity index (χ1v) is 9.69. The summed E-state index contributed by atoms with van der Waals surface area (Å²) in [5.41, 5.74) is 1.38. The topological polar surface area (TPSA) is 116 Å². The normalized spacial score (nSPS) is 10.7. The predicted octanol–water partition coefficient (Wildman–Crippen LogP) is 2.57. The minimum atomic E-state index is -2.88. The average molecular weight is 446 g/mol. The van der Waals surface area contributed by atoms with Crippen LogP contribution in [-0.4, -0.2) is 46.8 Å². The second kappa shape index (κ2) is 11.5. The van der Waals surface area contributed by atoms with Crippen molar-refractivity contribution >= 4 is 11.9 Å². The number of amides is 1. The van der Waals surface area contributed by atoms with E-state index in [1.54, 1.807) is 36.5 Å². The summed E-state index contributed by atoms with van der Waals surface area (Å²) in [6.07, 6.45) is 2.23. The van der Waals surface area contributed by atoms with Crippen molar-refractivity contribution in [3.8, 4) is 17.3 Å². The van der Waals surface area contributed by atoms with Gasteiger partial charge in [-0.2, -0.15) is 13.8 Å². The number of ether oxygens (including phenoxy) is 2. The van der Waals surface area contributed by atoms with E-state index in [1.807, 2.05) is 0 Å². The molecule has 2 heterocycles. The molecule has 9 nitrogen and oxygen atoms in total. The van der Waals surface area contributed by atoms with Gasteiger partial charge in [0.1, 0.15) is 11.4 Å². The summed E-state index contributed by atoms with van der Waals surface area (Å²) < 4.78 is 38.5. The minimum absolute atomic E-state index is 0.0236. The Bertz CT molecular complexity index is 1010. The van der Waals surface area contributed by atoms with Crippen molar-refractivity contribution in [3.05, 3.63) is 60.1 Å². The van der Waals surface area contributed by atoms with E-state index in [1.165, 1.54) is 12.1 Å². The number of alkyl halides is 2. The second-order valence-corrected chi connectivity index (χ2v) is 6.51. The molecule has 0 radical (unpaired) electrons. The third-order valence-electron chi connectivity index (χ3n) is 4.15. The zero-order valence-electron chi connectivity index (χ0n) is 16.9. The van der Waals surface area contributed by atoms with Crippen LogP contribution >= 0.6 is 0 Å². The van der Waals surface area contributed by atoms with Crippen LogP contribution in [0.1, 0.15) is 17.9 Å². The van der Waals surface area contributed by atoms with Crippen LogP contribution in [0.4, 0.5) is 8.78 Å². The number of hydrogen-bond acceptors (Lipinski definition) is 8. The molecule has 168 valence electrons. The predicted molar refractivity (Wildman–Crippen MR) is 107 cm³/mol. The standard InChI is InChI=1S/C21H20F2N4O5/c22-21(23)31-15-6-4-14(5-7-15)10-12-25-17(28)13-30-19(29)9-8-18-26-20(27-32-18)16-3-1-2-11-24-16/h1-7,11,21H,8-10,12-13H2,(H,25,28). The Morgan fingerprint density at radius 2 is 1.91 bits per heavy atom. The lowest BCUT2D eigenvalue weighted by Crippen LogP contribution is -2.30. The van der Waals surface area contributed by atoms with Crippen LogP contribution in [0.15, 0.2) is 53.2 Å². The highest BCUT2D eigenvalue weighted by Crippen LogP contribution is 2.15. The van der Waals surface area contributed by atoms with Gasteiger partial charge in [0.15, 0.2) is 6.61 Å². The average Bonchev–Trinajstić information content (AvgIpc) is 3.27. The largest absolute Gasteiger partial charge is 0.456 e. The first-order chi connectivity index (χ1) is 15.5. The fourth-order valence-corrected chi connectivity index (χ4v) is 2.62. The first-order valence-electron chi connectivity index (χ1n) is 9.69. The van der Waals surface area contributed by atoms with Crippen LogP contribution in [0, 0.1) is 0 Å². The van der Waals surface area contributed by atoms with Gasteiger partial charge in [0.05, 0.1) is 6.42 Å². The molecule has 0 saturated heterocycles. The van der Waals surface area contributed by atoms with Gasteiger partial charge >= 0.3 is 12.6 Å². The molecule has 1 amide bonds. The van der Waals surface area contributed by atoms with E-state index in [4.69, 9.17) is 9.26 Å². The quantitative estimate of drug-likeness (QED) is 0.447. The van der Waals surface area contributed by atoms with Crippen LogP contribution in [0.5, 0.6) is 5.75 Å². The molecule has 0 aliphatic heterocycles. The second-order valence-electron chi connectivity index (χ2n) is 6.51. The summed E-state index contributed by atoms with van der Waals surface area (Å²) >= 11 is 0. The zero-order valence-corrected chi connectivity index (χ0v) is 16.9. The monoisotopic (exact) mass is 446 g/mol. The molecule has 1 aromatic carbocycles. The summed E-state index contributed by atoms with van der Waals surface area (Å²) in [5.74, 6) is -0.381. The molecule has 0 bridgehead atoms. The lowest BCUT2D eigenvalue weighted by molar-refractivity contribution is -0.148. The number of carbonyl (C=O) groups is 2. The SMILES string of the molecule is O=C(COC(=O)CCc1nc(-c2ccccn2)no1)NCCc1ccc(OC(F)F)cc1. The third-order valence-corrected chi connectivity index (χ3v) is 4.15. The molecule has 3 rings (SSSR count). The minimum Gasteiger partial charge on any atom is -0.456 e. The number of carbonyl (C=O) groups excluding carboxylic acids is 2. The van der Waals surface area contributed by atoms with Crippen LogP contribution in [0.2, 0.25) is 0 Å². The molecule has 0 aliphatic carbocycles. The number of esters is 1. The van der Waals surface area contributed by atoms with E-state index >= 15 is 0 Å². The van der Waals surface area contributed by atoms with E-state index < -0.39 is 25.1 Å². The number of aryl methyl sites for hydroxylation is 1. The molecule has 0 atom stereocenters. The Hall–Kier alpha value is -3.89. The molecular weight excluding hydrogens is 426 g/mol. The number of nitrogens with zero attached hydrogens (tertiary/aromatic N) is 3. The molecule has 1 N–H and O–H groups in total. The van der Waals surface area contributed by atoms with Gasteiger partial charge in [0.2, 0.25) is 11.7 Å². The van der Waals surface area contributed by atoms with Crippen molar-refractivity contribution in [1.29, 1.82) is 0 Å². The number of pyridine rings is 1. The molecule has 0 fully saturated rings. The molecule has 11 heteroatoms. The number of rotatable bonds is 11.